The van der Waals surface area contributed by atoms with Crippen LogP contribution in [-0.2, 0) is 5.79 Å². The first-order valence-corrected chi connectivity index (χ1v) is 4.17. The molecule has 16 heavy (non-hydrogen) atoms. The van der Waals surface area contributed by atoms with E-state index in [9.17, 15) is 24.6 Å². The average molecular weight is 229 g/mol. The van der Waals surface area contributed by atoms with E-state index in [2.05, 4.69) is 0 Å². The van der Waals surface area contributed by atoms with Crippen molar-refractivity contribution in [3.63, 3.8) is 0 Å². The third-order valence-corrected chi connectivity index (χ3v) is 1.96. The molecule has 0 saturated carbocycles. The molecule has 0 radical (unpaired) electrons. The zero-order valence-electron chi connectivity index (χ0n) is 8.00. The molecular formula is C8H8FN3O4. The first kappa shape index (κ1) is 11.8. The van der Waals surface area contributed by atoms with Crippen LogP contribution < -0.4 is 5.73 Å². The number of nitrogen functional groups attached to an aromatic ring is 1. The minimum absolute atomic E-state index is 0.102. The van der Waals surface area contributed by atoms with Gasteiger partial charge in [0, 0.05) is 10.6 Å². The summed E-state index contributed by atoms with van der Waals surface area (Å²) < 4.78 is 13.9. The summed E-state index contributed by atoms with van der Waals surface area (Å²) in [5.41, 5.74) is 4.99. The first-order valence-electron chi connectivity index (χ1n) is 4.17. The molecule has 86 valence electrons. The molecule has 1 atom stereocenters. The highest BCUT2D eigenvalue weighted by Crippen LogP contribution is 2.28. The summed E-state index contributed by atoms with van der Waals surface area (Å²) >= 11 is 0. The van der Waals surface area contributed by atoms with Gasteiger partial charge in [0.1, 0.15) is 0 Å². The fourth-order valence-corrected chi connectivity index (χ4v) is 1.20. The van der Waals surface area contributed by atoms with Crippen LogP contribution in [0.25, 0.3) is 0 Å². The van der Waals surface area contributed by atoms with Crippen LogP contribution in [0.1, 0.15) is 5.56 Å². The van der Waals surface area contributed by atoms with Gasteiger partial charge in [-0.1, -0.05) is 6.07 Å². The fourth-order valence-electron chi connectivity index (χ4n) is 1.20. The van der Waals surface area contributed by atoms with Crippen molar-refractivity contribution >= 4 is 5.69 Å². The van der Waals surface area contributed by atoms with Gasteiger partial charge in [0.05, 0.1) is 10.5 Å². The number of nitro groups is 2. The number of anilines is 1. The lowest BCUT2D eigenvalue weighted by atomic mass is 10.0. The number of hydrogen-bond donors (Lipinski definition) is 1. The quantitative estimate of drug-likeness (QED) is 0.357. The zero-order chi connectivity index (χ0) is 12.3. The van der Waals surface area contributed by atoms with Crippen LogP contribution in [0.5, 0.6) is 0 Å². The lowest BCUT2D eigenvalue weighted by Crippen LogP contribution is -2.37. The molecule has 0 heterocycles. The first-order chi connectivity index (χ1) is 7.36. The molecule has 0 spiro atoms. The largest absolute Gasteiger partial charge is 0.447 e. The molecule has 0 bridgehead atoms. The Labute approximate surface area is 89.0 Å². The third-order valence-electron chi connectivity index (χ3n) is 1.96. The minimum Gasteiger partial charge on any atom is -0.399 e. The smallest absolute Gasteiger partial charge is 0.399 e. The van der Waals surface area contributed by atoms with E-state index in [0.29, 0.717) is 0 Å². The summed E-state index contributed by atoms with van der Waals surface area (Å²) in [7, 11) is 0. The maximum atomic E-state index is 13.9. The number of rotatable bonds is 4. The van der Waals surface area contributed by atoms with E-state index in [4.69, 9.17) is 5.73 Å². The predicted molar refractivity (Wildman–Crippen MR) is 52.5 cm³/mol. The van der Waals surface area contributed by atoms with E-state index in [-0.39, 0.29) is 5.69 Å². The van der Waals surface area contributed by atoms with Crippen molar-refractivity contribution in [3.05, 3.63) is 50.1 Å². The monoisotopic (exact) mass is 229 g/mol. The number of hydrogen-bond acceptors (Lipinski definition) is 5. The van der Waals surface area contributed by atoms with Crippen LogP contribution >= 0.6 is 0 Å². The summed E-state index contributed by atoms with van der Waals surface area (Å²) in [5, 5.41) is 20.8. The molecule has 0 amide bonds. The van der Waals surface area contributed by atoms with Gasteiger partial charge in [-0.2, -0.15) is 4.39 Å². The lowest BCUT2D eigenvalue weighted by molar-refractivity contribution is -0.666. The Morgan fingerprint density at radius 2 is 2.00 bits per heavy atom. The SMILES string of the molecule is Nc1cccc(C(F)(C[N+](=O)[O-])[N+](=O)[O-])c1. The van der Waals surface area contributed by atoms with Crippen molar-refractivity contribution in [1.29, 1.82) is 0 Å². The van der Waals surface area contributed by atoms with Gasteiger partial charge in [0.2, 0.25) is 0 Å². The summed E-state index contributed by atoms with van der Waals surface area (Å²) in [5.74, 6) is -3.25. The maximum Gasteiger partial charge on any atom is 0.447 e. The second-order valence-corrected chi connectivity index (χ2v) is 3.13. The van der Waals surface area contributed by atoms with Gasteiger partial charge in [0.15, 0.2) is 0 Å². The zero-order valence-corrected chi connectivity index (χ0v) is 8.00. The molecule has 1 aromatic rings. The van der Waals surface area contributed by atoms with Crippen molar-refractivity contribution in [2.45, 2.75) is 5.79 Å². The molecule has 1 unspecified atom stereocenters. The molecular weight excluding hydrogens is 221 g/mol. The van der Waals surface area contributed by atoms with Gasteiger partial charge in [-0.3, -0.25) is 20.2 Å². The van der Waals surface area contributed by atoms with Crippen molar-refractivity contribution in [2.75, 3.05) is 12.3 Å². The van der Waals surface area contributed by atoms with Crippen molar-refractivity contribution in [1.82, 2.24) is 0 Å². The van der Waals surface area contributed by atoms with E-state index in [1.165, 1.54) is 12.1 Å². The predicted octanol–water partition coefficient (Wildman–Crippen LogP) is 0.945. The molecule has 1 rings (SSSR count). The van der Waals surface area contributed by atoms with Crippen molar-refractivity contribution in [2.24, 2.45) is 0 Å². The topological polar surface area (TPSA) is 112 Å². The molecule has 0 aliphatic heterocycles. The van der Waals surface area contributed by atoms with E-state index in [0.717, 1.165) is 12.1 Å². The summed E-state index contributed by atoms with van der Waals surface area (Å²) in [6.07, 6.45) is 0. The molecule has 2 N–H and O–H groups in total. The maximum absolute atomic E-state index is 13.9. The van der Waals surface area contributed by atoms with Gasteiger partial charge in [-0.05, 0) is 18.2 Å². The van der Waals surface area contributed by atoms with Gasteiger partial charge < -0.3 is 5.73 Å². The fraction of sp³-hybridized carbons (Fsp3) is 0.250. The standard InChI is InChI=1S/C8H8FN3O4/c9-8(12(15)16,5-11(13)14)6-2-1-3-7(10)4-6/h1-4H,5,10H2. The highest BCUT2D eigenvalue weighted by Gasteiger charge is 2.51. The van der Waals surface area contributed by atoms with Gasteiger partial charge in [-0.25, -0.2) is 0 Å². The van der Waals surface area contributed by atoms with Crippen LogP contribution in [-0.4, -0.2) is 16.4 Å². The molecule has 0 aromatic heterocycles. The highest BCUT2D eigenvalue weighted by atomic mass is 19.1. The lowest BCUT2D eigenvalue weighted by Gasteiger charge is -2.13. The van der Waals surface area contributed by atoms with Crippen LogP contribution in [0.4, 0.5) is 10.1 Å². The third kappa shape index (κ3) is 2.22. The Morgan fingerprint density at radius 3 is 2.44 bits per heavy atom. The molecule has 1 aromatic carbocycles. The van der Waals surface area contributed by atoms with Crippen LogP contribution in [0.3, 0.4) is 0 Å². The second-order valence-electron chi connectivity index (χ2n) is 3.13. The number of halogens is 1. The average Bonchev–Trinajstić information content (AvgIpc) is 2.16. The molecule has 7 nitrogen and oxygen atoms in total. The number of benzene rings is 1. The van der Waals surface area contributed by atoms with Gasteiger partial charge in [0.25, 0.3) is 0 Å². The Hall–Kier alpha value is -2.25. The van der Waals surface area contributed by atoms with Gasteiger partial charge >= 0.3 is 12.3 Å². The molecule has 0 fully saturated rings. The van der Waals surface area contributed by atoms with Crippen LogP contribution in [0.2, 0.25) is 0 Å². The minimum atomic E-state index is -3.25. The van der Waals surface area contributed by atoms with E-state index >= 15 is 0 Å². The number of nitrogens with two attached hydrogens (primary N) is 1. The Kier molecular flexibility index (Phi) is 3.02. The summed E-state index contributed by atoms with van der Waals surface area (Å²) in [4.78, 5) is 18.4. The number of alkyl halides is 1. The van der Waals surface area contributed by atoms with Crippen molar-refractivity contribution in [3.8, 4) is 0 Å². The number of nitrogens with zero attached hydrogens (tertiary/aromatic N) is 2. The van der Waals surface area contributed by atoms with Crippen molar-refractivity contribution < 1.29 is 14.2 Å². The summed E-state index contributed by atoms with van der Waals surface area (Å²) in [6.45, 7) is -1.44. The van der Waals surface area contributed by atoms with Gasteiger partial charge in [-0.15, -0.1) is 0 Å². The summed E-state index contributed by atoms with van der Waals surface area (Å²) in [6, 6.07) is 4.79. The molecule has 0 aliphatic carbocycles. The van der Waals surface area contributed by atoms with Crippen LogP contribution in [0.15, 0.2) is 24.3 Å². The highest BCUT2D eigenvalue weighted by molar-refractivity contribution is 5.42. The second kappa shape index (κ2) is 4.09. The molecule has 8 heteroatoms. The van der Waals surface area contributed by atoms with Crippen LogP contribution in [0, 0.1) is 20.2 Å². The normalized spacial score (nSPS) is 14.1. The molecule has 0 aliphatic rings. The van der Waals surface area contributed by atoms with E-state index in [1.807, 2.05) is 0 Å². The molecule has 0 saturated heterocycles. The van der Waals surface area contributed by atoms with E-state index < -0.39 is 27.7 Å². The van der Waals surface area contributed by atoms with E-state index in [1.54, 1.807) is 0 Å². The Morgan fingerprint density at radius 1 is 1.38 bits per heavy atom. The Bertz CT molecular complexity index is 439. The Balaban J connectivity index is 3.21.